The van der Waals surface area contributed by atoms with Crippen LogP contribution in [0.4, 0.5) is 4.39 Å². The highest BCUT2D eigenvalue weighted by Crippen LogP contribution is 2.28. The number of hydrogen-bond donors (Lipinski definition) is 0. The van der Waals surface area contributed by atoms with Gasteiger partial charge in [-0.2, -0.15) is 0 Å². The predicted octanol–water partition coefficient (Wildman–Crippen LogP) is 2.53. The minimum Gasteiger partial charge on any atom is -0.379 e. The number of rotatable bonds is 8. The standard InChI is InChI=1S/C22H29FN4O2/c23-20-7-2-1-4-19(20)16-26-9-8-24-21(26)17-27(22(28)18-5-3-6-18)11-10-25-12-14-29-15-13-25/h1-2,4,7-9,18H,3,5-6,10-17H2. The third kappa shape index (κ3) is 5.03. The van der Waals surface area contributed by atoms with Crippen molar-refractivity contribution in [3.63, 3.8) is 0 Å². The number of carbonyl (C=O) groups is 1. The lowest BCUT2D eigenvalue weighted by molar-refractivity contribution is -0.139. The summed E-state index contributed by atoms with van der Waals surface area (Å²) in [6.45, 7) is 5.73. The molecule has 7 heteroatoms. The molecular weight excluding hydrogens is 371 g/mol. The van der Waals surface area contributed by atoms with Gasteiger partial charge in [0, 0.05) is 50.1 Å². The highest BCUT2D eigenvalue weighted by Gasteiger charge is 2.30. The van der Waals surface area contributed by atoms with Crippen LogP contribution < -0.4 is 0 Å². The number of imidazole rings is 1. The molecule has 2 heterocycles. The van der Waals surface area contributed by atoms with E-state index < -0.39 is 0 Å². The van der Waals surface area contributed by atoms with Crippen molar-refractivity contribution in [1.82, 2.24) is 19.4 Å². The molecule has 1 saturated carbocycles. The van der Waals surface area contributed by atoms with E-state index >= 15 is 0 Å². The molecule has 1 aliphatic carbocycles. The number of benzene rings is 1. The van der Waals surface area contributed by atoms with Gasteiger partial charge in [0.15, 0.2) is 0 Å². The molecular formula is C22H29FN4O2. The summed E-state index contributed by atoms with van der Waals surface area (Å²) in [7, 11) is 0. The second-order valence-electron chi connectivity index (χ2n) is 7.90. The van der Waals surface area contributed by atoms with Crippen LogP contribution in [0.1, 0.15) is 30.7 Å². The Labute approximate surface area is 171 Å². The monoisotopic (exact) mass is 400 g/mol. The molecule has 1 aliphatic heterocycles. The molecule has 0 atom stereocenters. The molecule has 0 N–H and O–H groups in total. The first-order valence-electron chi connectivity index (χ1n) is 10.5. The molecule has 2 aromatic rings. The maximum Gasteiger partial charge on any atom is 0.226 e. The van der Waals surface area contributed by atoms with E-state index in [9.17, 15) is 9.18 Å². The molecule has 2 fully saturated rings. The van der Waals surface area contributed by atoms with Crippen molar-refractivity contribution >= 4 is 5.91 Å². The molecule has 1 saturated heterocycles. The number of ether oxygens (including phenoxy) is 1. The van der Waals surface area contributed by atoms with Crippen molar-refractivity contribution < 1.29 is 13.9 Å². The van der Waals surface area contributed by atoms with Crippen molar-refractivity contribution in [3.05, 3.63) is 53.9 Å². The number of nitrogens with zero attached hydrogens (tertiary/aromatic N) is 4. The van der Waals surface area contributed by atoms with Gasteiger partial charge in [-0.3, -0.25) is 9.69 Å². The second-order valence-corrected chi connectivity index (χ2v) is 7.90. The van der Waals surface area contributed by atoms with Crippen LogP contribution in [0, 0.1) is 11.7 Å². The summed E-state index contributed by atoms with van der Waals surface area (Å²) in [5, 5.41) is 0. The summed E-state index contributed by atoms with van der Waals surface area (Å²) in [4.78, 5) is 21.8. The summed E-state index contributed by atoms with van der Waals surface area (Å²) in [6, 6.07) is 6.79. The van der Waals surface area contributed by atoms with E-state index in [1.54, 1.807) is 18.3 Å². The molecule has 156 valence electrons. The summed E-state index contributed by atoms with van der Waals surface area (Å²) < 4.78 is 21.4. The van der Waals surface area contributed by atoms with Gasteiger partial charge in [0.2, 0.25) is 5.91 Å². The van der Waals surface area contributed by atoms with E-state index in [-0.39, 0.29) is 17.6 Å². The van der Waals surface area contributed by atoms with Crippen molar-refractivity contribution in [3.8, 4) is 0 Å². The van der Waals surface area contributed by atoms with E-state index in [0.29, 0.717) is 25.2 Å². The third-order valence-electron chi connectivity index (χ3n) is 5.99. The van der Waals surface area contributed by atoms with Gasteiger partial charge >= 0.3 is 0 Å². The fourth-order valence-corrected chi connectivity index (χ4v) is 3.88. The van der Waals surface area contributed by atoms with Gasteiger partial charge in [-0.25, -0.2) is 9.37 Å². The summed E-state index contributed by atoms with van der Waals surface area (Å²) in [5.41, 5.74) is 0.622. The summed E-state index contributed by atoms with van der Waals surface area (Å²) in [6.07, 6.45) is 6.68. The molecule has 1 aromatic carbocycles. The smallest absolute Gasteiger partial charge is 0.226 e. The van der Waals surface area contributed by atoms with E-state index in [1.807, 2.05) is 21.7 Å². The molecule has 0 radical (unpaired) electrons. The van der Waals surface area contributed by atoms with E-state index in [4.69, 9.17) is 4.74 Å². The Morgan fingerprint density at radius 2 is 2.03 bits per heavy atom. The first-order chi connectivity index (χ1) is 14.2. The third-order valence-corrected chi connectivity index (χ3v) is 5.99. The van der Waals surface area contributed by atoms with Gasteiger partial charge in [-0.1, -0.05) is 24.6 Å². The minimum atomic E-state index is -0.220. The van der Waals surface area contributed by atoms with Crippen molar-refractivity contribution in [2.45, 2.75) is 32.4 Å². The fraction of sp³-hybridized carbons (Fsp3) is 0.545. The van der Waals surface area contributed by atoms with Crippen molar-refractivity contribution in [2.75, 3.05) is 39.4 Å². The molecule has 6 nitrogen and oxygen atoms in total. The van der Waals surface area contributed by atoms with Crippen molar-refractivity contribution in [2.24, 2.45) is 5.92 Å². The second kappa shape index (κ2) is 9.50. The highest BCUT2D eigenvalue weighted by atomic mass is 19.1. The lowest BCUT2D eigenvalue weighted by Gasteiger charge is -2.34. The van der Waals surface area contributed by atoms with Crippen LogP contribution in [0.15, 0.2) is 36.7 Å². The average Bonchev–Trinajstić information content (AvgIpc) is 3.13. The van der Waals surface area contributed by atoms with Gasteiger partial charge in [-0.15, -0.1) is 0 Å². The van der Waals surface area contributed by atoms with E-state index in [0.717, 1.165) is 57.9 Å². The molecule has 4 rings (SSSR count). The molecule has 0 spiro atoms. The van der Waals surface area contributed by atoms with Gasteiger partial charge in [-0.05, 0) is 18.9 Å². The SMILES string of the molecule is O=C(C1CCC1)N(CCN1CCOCC1)Cc1nccn1Cc1ccccc1F. The Morgan fingerprint density at radius 3 is 2.76 bits per heavy atom. The summed E-state index contributed by atoms with van der Waals surface area (Å²) >= 11 is 0. The first kappa shape index (κ1) is 20.0. The summed E-state index contributed by atoms with van der Waals surface area (Å²) in [5.74, 6) is 0.949. The Morgan fingerprint density at radius 1 is 1.24 bits per heavy atom. The maximum absolute atomic E-state index is 14.1. The molecule has 1 aromatic heterocycles. The van der Waals surface area contributed by atoms with Crippen molar-refractivity contribution in [1.29, 1.82) is 0 Å². The van der Waals surface area contributed by atoms with E-state index in [1.165, 1.54) is 6.07 Å². The number of aromatic nitrogens is 2. The zero-order valence-electron chi connectivity index (χ0n) is 16.8. The maximum atomic E-state index is 14.1. The fourth-order valence-electron chi connectivity index (χ4n) is 3.88. The predicted molar refractivity (Wildman–Crippen MR) is 108 cm³/mol. The van der Waals surface area contributed by atoms with Gasteiger partial charge in [0.1, 0.15) is 11.6 Å². The zero-order chi connectivity index (χ0) is 20.1. The first-order valence-corrected chi connectivity index (χ1v) is 10.5. The molecule has 1 amide bonds. The molecule has 0 unspecified atom stereocenters. The topological polar surface area (TPSA) is 50.6 Å². The Kier molecular flexibility index (Phi) is 6.56. The number of halogens is 1. The van der Waals surface area contributed by atoms with Crippen LogP contribution in [0.25, 0.3) is 0 Å². The van der Waals surface area contributed by atoms with Crippen LogP contribution in [0.5, 0.6) is 0 Å². The quantitative estimate of drug-likeness (QED) is 0.683. The normalized spacial score (nSPS) is 17.8. The van der Waals surface area contributed by atoms with Gasteiger partial charge in [0.05, 0.1) is 26.3 Å². The zero-order valence-corrected chi connectivity index (χ0v) is 16.8. The number of hydrogen-bond acceptors (Lipinski definition) is 4. The number of carbonyl (C=O) groups excluding carboxylic acids is 1. The van der Waals surface area contributed by atoms with Crippen LogP contribution in [0.3, 0.4) is 0 Å². The van der Waals surface area contributed by atoms with Crippen LogP contribution >= 0.6 is 0 Å². The molecule has 0 bridgehead atoms. The molecule has 2 aliphatic rings. The Bertz CT molecular complexity index is 815. The lowest BCUT2D eigenvalue weighted by Crippen LogP contribution is -2.45. The lowest BCUT2D eigenvalue weighted by atomic mass is 9.84. The minimum absolute atomic E-state index is 0.148. The van der Waals surface area contributed by atoms with Crippen LogP contribution in [0.2, 0.25) is 0 Å². The van der Waals surface area contributed by atoms with Gasteiger partial charge < -0.3 is 14.2 Å². The number of amides is 1. The molecule has 29 heavy (non-hydrogen) atoms. The Hall–Kier alpha value is -2.25. The highest BCUT2D eigenvalue weighted by molar-refractivity contribution is 5.79. The average molecular weight is 400 g/mol. The van der Waals surface area contributed by atoms with E-state index in [2.05, 4.69) is 9.88 Å². The Balaban J connectivity index is 1.44. The van der Waals surface area contributed by atoms with Gasteiger partial charge in [0.25, 0.3) is 0 Å². The van der Waals surface area contributed by atoms with Crippen LogP contribution in [-0.4, -0.2) is 64.7 Å². The van der Waals surface area contributed by atoms with Crippen LogP contribution in [-0.2, 0) is 22.6 Å². The largest absolute Gasteiger partial charge is 0.379 e. The number of morpholine rings is 1.